The summed E-state index contributed by atoms with van der Waals surface area (Å²) in [7, 11) is 0. The number of carbonyl (C=O) groups is 3. The van der Waals surface area contributed by atoms with Gasteiger partial charge in [-0.25, -0.2) is 4.79 Å². The van der Waals surface area contributed by atoms with Crippen molar-refractivity contribution in [3.8, 4) is 0 Å². The quantitative estimate of drug-likeness (QED) is 0.0301. The van der Waals surface area contributed by atoms with Crippen LogP contribution in [-0.4, -0.2) is 227 Å². The van der Waals surface area contributed by atoms with E-state index in [0.29, 0.717) is 12.8 Å². The molecule has 24 heteroatoms. The summed E-state index contributed by atoms with van der Waals surface area (Å²) in [5.41, 5.74) is 0. The third kappa shape index (κ3) is 28.7. The van der Waals surface area contributed by atoms with Gasteiger partial charge in [-0.05, 0) is 19.3 Å². The van der Waals surface area contributed by atoms with Gasteiger partial charge in [0.1, 0.15) is 73.8 Å². The first-order chi connectivity index (χ1) is 42.4. The lowest BCUT2D eigenvalue weighted by molar-refractivity contribution is -0.386. The topological polar surface area (TPSA) is 394 Å². The minimum Gasteiger partial charge on any atom is -0.477 e. The molecule has 18 atom stereocenters. The van der Waals surface area contributed by atoms with Crippen LogP contribution in [0.1, 0.15) is 232 Å². The smallest absolute Gasteiger partial charge is 0.364 e. The van der Waals surface area contributed by atoms with Gasteiger partial charge in [-0.1, -0.05) is 212 Å². The van der Waals surface area contributed by atoms with Crippen LogP contribution < -0.4 is 10.6 Å². The van der Waals surface area contributed by atoms with E-state index >= 15 is 0 Å². The number of aliphatic hydroxyl groups is 12. The van der Waals surface area contributed by atoms with Crippen LogP contribution in [0.15, 0.2) is 12.2 Å². The highest BCUT2D eigenvalue weighted by molar-refractivity contribution is 5.78. The number of hydrogen-bond acceptors (Lipinski definition) is 21. The minimum absolute atomic E-state index is 0.197. The first-order valence-corrected chi connectivity index (χ1v) is 33.7. The van der Waals surface area contributed by atoms with Gasteiger partial charge < -0.3 is 105 Å². The summed E-state index contributed by atoms with van der Waals surface area (Å²) in [5.74, 6) is -6.61. The normalized spacial score (nSPS) is 29.0. The number of unbranched alkanes of at least 4 members (excludes halogenated alkanes) is 30. The highest BCUT2D eigenvalue weighted by Crippen LogP contribution is 2.39. The molecule has 0 aromatic heterocycles. The summed E-state index contributed by atoms with van der Waals surface area (Å²) < 4.78 is 34.6. The predicted molar refractivity (Wildman–Crippen MR) is 326 cm³/mol. The second-order valence-corrected chi connectivity index (χ2v) is 24.7. The Morgan fingerprint density at radius 3 is 1.52 bits per heavy atom. The molecule has 3 rings (SSSR count). The van der Waals surface area contributed by atoms with Gasteiger partial charge in [0, 0.05) is 12.8 Å². The number of aliphatic carboxylic acids is 1. The van der Waals surface area contributed by atoms with E-state index in [2.05, 4.69) is 24.5 Å². The molecular formula is C64H118N2O22. The molecule has 0 spiro atoms. The maximum Gasteiger partial charge on any atom is 0.364 e. The number of carboxylic acid groups (broad SMARTS) is 1. The molecule has 3 aliphatic heterocycles. The zero-order chi connectivity index (χ0) is 64.7. The molecule has 2 amide bonds. The second kappa shape index (κ2) is 46.5. The number of carbonyl (C=O) groups excluding carboxylic acids is 2. The van der Waals surface area contributed by atoms with Crippen LogP contribution >= 0.6 is 0 Å². The number of nitrogens with one attached hydrogen (secondary N) is 2. The van der Waals surface area contributed by atoms with Gasteiger partial charge in [-0.2, -0.15) is 0 Å². The van der Waals surface area contributed by atoms with Crippen molar-refractivity contribution in [2.45, 2.75) is 342 Å². The minimum atomic E-state index is -3.14. The van der Waals surface area contributed by atoms with Gasteiger partial charge in [0.05, 0.1) is 50.7 Å². The lowest BCUT2D eigenvalue weighted by Crippen LogP contribution is -2.71. The zero-order valence-electron chi connectivity index (χ0n) is 53.0. The summed E-state index contributed by atoms with van der Waals surface area (Å²) in [4.78, 5) is 38.6. The molecule has 3 aliphatic rings. The molecule has 0 radical (unpaired) electrons. The summed E-state index contributed by atoms with van der Waals surface area (Å²) >= 11 is 0. The van der Waals surface area contributed by atoms with Gasteiger partial charge >= 0.3 is 5.97 Å². The van der Waals surface area contributed by atoms with Gasteiger partial charge in [0.2, 0.25) is 11.8 Å². The molecule has 0 saturated carbocycles. The van der Waals surface area contributed by atoms with E-state index in [4.69, 9.17) is 28.4 Å². The first-order valence-electron chi connectivity index (χ1n) is 33.7. The lowest BCUT2D eigenvalue weighted by Gasteiger charge is -2.50. The summed E-state index contributed by atoms with van der Waals surface area (Å²) in [6.45, 7) is -0.143. The van der Waals surface area contributed by atoms with E-state index < -0.39 is 161 Å². The van der Waals surface area contributed by atoms with Crippen LogP contribution in [0.5, 0.6) is 0 Å². The molecule has 0 bridgehead atoms. The van der Waals surface area contributed by atoms with Crippen molar-refractivity contribution >= 4 is 17.8 Å². The Morgan fingerprint density at radius 2 is 1.06 bits per heavy atom. The molecule has 0 aromatic carbocycles. The Labute approximate surface area is 523 Å². The average molecular weight is 1270 g/mol. The van der Waals surface area contributed by atoms with Crippen LogP contribution in [-0.2, 0) is 42.8 Å². The summed E-state index contributed by atoms with van der Waals surface area (Å²) in [6, 6.07) is -2.78. The van der Waals surface area contributed by atoms with E-state index in [1.54, 1.807) is 6.08 Å². The Kier molecular flexibility index (Phi) is 42.1. The Hall–Kier alpha value is -2.57. The molecule has 516 valence electrons. The maximum atomic E-state index is 13.4. The van der Waals surface area contributed by atoms with Crippen molar-refractivity contribution < 1.29 is 109 Å². The van der Waals surface area contributed by atoms with Crippen molar-refractivity contribution in [3.63, 3.8) is 0 Å². The number of rotatable bonds is 51. The first kappa shape index (κ1) is 79.7. The van der Waals surface area contributed by atoms with Crippen molar-refractivity contribution in [3.05, 3.63) is 12.2 Å². The van der Waals surface area contributed by atoms with Crippen LogP contribution in [0.2, 0.25) is 0 Å². The molecule has 3 saturated heterocycles. The largest absolute Gasteiger partial charge is 0.477 e. The summed E-state index contributed by atoms with van der Waals surface area (Å²) in [5, 5.41) is 145. The number of hydrogen-bond donors (Lipinski definition) is 15. The number of allylic oxidation sites excluding steroid dienone is 1. The fourth-order valence-corrected chi connectivity index (χ4v) is 11.8. The maximum absolute atomic E-state index is 13.4. The Balaban J connectivity index is 1.62. The molecule has 0 unspecified atom stereocenters. The third-order valence-electron chi connectivity index (χ3n) is 17.3. The molecule has 3 fully saturated rings. The SMILES string of the molecule is CCCCCCCCCCCCC/C=C/[C@@H](O)[C@H](CO[C@@H]1O[C@H](CO)[C@@H](O[C@@H]2O[C@H](CO)[C@H](O)[C@H](O[C@]3(C(=O)O)C[C@H](O)[C@@H](NC(=O)CO)[C@H]([C@H](O)[C@H](O)CO)O3)[C@H]2O)[C@H](O)[C@H]1O)NC(=O)CCCCCCCCCCCCCCCCCCCCCC. The molecule has 0 aromatic rings. The third-order valence-corrected chi connectivity index (χ3v) is 17.3. The molecular weight excluding hydrogens is 1150 g/mol. The summed E-state index contributed by atoms with van der Waals surface area (Å²) in [6.07, 6.45) is 11.8. The second-order valence-electron chi connectivity index (χ2n) is 24.7. The number of aliphatic hydroxyl groups excluding tert-OH is 12. The fourth-order valence-electron chi connectivity index (χ4n) is 11.8. The lowest BCUT2D eigenvalue weighted by atomic mass is 9.88. The fraction of sp³-hybridized carbons (Fsp3) is 0.922. The standard InChI is InChI=1S/C64H118N2O22/c1-3-5-7-9-11-13-15-17-18-19-20-21-22-23-25-27-29-31-33-35-37-50(74)65-44(45(71)36-34-32-30-28-26-24-16-14-12-10-8-6-4-2)43-83-61-56(79)55(78)58(49(41-69)85-61)86-62-57(80)60(54(77)48(40-68)84-62)88-64(63(81)82)38-46(72)52(66-51(75)42-70)59(87-64)53(76)47(73)39-67/h34,36,44-49,52-62,67-73,76-80H,3-33,35,37-43H2,1-2H3,(H,65,74)(H,66,75)(H,81,82)/b36-34+/t44-,45+,46-,47+,48+,49+,52+,53+,54-,55+,56+,57+,58+,59+,60-,61+,62-,64-/m0/s1. The van der Waals surface area contributed by atoms with Gasteiger partial charge in [-0.3, -0.25) is 9.59 Å². The van der Waals surface area contributed by atoms with Crippen LogP contribution in [0.3, 0.4) is 0 Å². The highest BCUT2D eigenvalue weighted by Gasteiger charge is 2.60. The molecule has 3 heterocycles. The monoisotopic (exact) mass is 1270 g/mol. The van der Waals surface area contributed by atoms with E-state index in [9.17, 15) is 80.8 Å². The van der Waals surface area contributed by atoms with E-state index in [-0.39, 0.29) is 12.3 Å². The number of ether oxygens (including phenoxy) is 6. The molecule has 15 N–H and O–H groups in total. The van der Waals surface area contributed by atoms with Gasteiger partial charge in [0.25, 0.3) is 5.79 Å². The molecule has 88 heavy (non-hydrogen) atoms. The van der Waals surface area contributed by atoms with E-state index in [1.807, 2.05) is 6.08 Å². The van der Waals surface area contributed by atoms with Crippen molar-refractivity contribution in [2.24, 2.45) is 0 Å². The van der Waals surface area contributed by atoms with Crippen LogP contribution in [0.4, 0.5) is 0 Å². The Bertz CT molecular complexity index is 1840. The van der Waals surface area contributed by atoms with E-state index in [1.165, 1.54) is 148 Å². The van der Waals surface area contributed by atoms with Crippen LogP contribution in [0, 0.1) is 0 Å². The van der Waals surface area contributed by atoms with Crippen molar-refractivity contribution in [1.29, 1.82) is 0 Å². The van der Waals surface area contributed by atoms with E-state index in [0.717, 1.165) is 44.9 Å². The van der Waals surface area contributed by atoms with Crippen LogP contribution in [0.25, 0.3) is 0 Å². The molecule has 24 nitrogen and oxygen atoms in total. The average Bonchev–Trinajstić information content (AvgIpc) is 0.813. The van der Waals surface area contributed by atoms with Gasteiger partial charge in [0.15, 0.2) is 12.6 Å². The predicted octanol–water partition coefficient (Wildman–Crippen LogP) is 4.09. The molecule has 0 aliphatic carbocycles. The zero-order valence-corrected chi connectivity index (χ0v) is 53.0. The number of carboxylic acids is 1. The highest BCUT2D eigenvalue weighted by atomic mass is 16.8. The van der Waals surface area contributed by atoms with Crippen molar-refractivity contribution in [2.75, 3.05) is 33.0 Å². The van der Waals surface area contributed by atoms with Crippen molar-refractivity contribution in [1.82, 2.24) is 10.6 Å². The Morgan fingerprint density at radius 1 is 0.580 bits per heavy atom. The van der Waals surface area contributed by atoms with Gasteiger partial charge in [-0.15, -0.1) is 0 Å². The number of amides is 2.